The third kappa shape index (κ3) is 17.1. The lowest BCUT2D eigenvalue weighted by molar-refractivity contribution is -0.133. The summed E-state index contributed by atoms with van der Waals surface area (Å²) in [4.78, 5) is 71.2. The van der Waals surface area contributed by atoms with Gasteiger partial charge in [-0.25, -0.2) is 0 Å². The van der Waals surface area contributed by atoms with Crippen LogP contribution in [0, 0.1) is 128 Å². The van der Waals surface area contributed by atoms with E-state index in [9.17, 15) is 59.7 Å². The maximum Gasteiger partial charge on any atom is 0.256 e. The number of phenols is 5. The lowest BCUT2D eigenvalue weighted by Gasteiger charge is -2.47. The average molecular weight is 1660 g/mol. The van der Waals surface area contributed by atoms with E-state index in [0.29, 0.717) is 5.57 Å². The predicted molar refractivity (Wildman–Crippen MR) is 476 cm³/mol. The molecule has 5 aliphatic rings. The molecule has 5 heterocycles. The minimum absolute atomic E-state index is 0.0733. The number of aliphatic hydroxyl groups is 2. The first-order chi connectivity index (χ1) is 57.8. The Morgan fingerprint density at radius 3 is 0.730 bits per heavy atom. The van der Waals surface area contributed by atoms with Crippen molar-refractivity contribution in [1.29, 1.82) is 0 Å². The summed E-state index contributed by atoms with van der Waals surface area (Å²) < 4.78 is 27.2. The number of β-lactam (4-membered cyclic amide) rings is 5. The number of carbonyl (C=O) groups is 5. The number of aryl methyl sites for hydroxylation is 10. The number of ether oxygens (including phenoxy) is 5. The van der Waals surface area contributed by atoms with Crippen LogP contribution in [-0.2, 0) is 24.0 Å². The number of benzene rings is 10. The Balaban J connectivity index is 0.000000149. The molecule has 0 radical (unpaired) electrons. The quantitative estimate of drug-likeness (QED) is 0.0329. The number of carbonyl (C=O) groups excluding carboxylic acids is 5. The number of rotatable bonds is 17. The van der Waals surface area contributed by atoms with Crippen LogP contribution in [0.1, 0.15) is 155 Å². The number of aliphatic hydroxyl groups excluding tert-OH is 2. The summed E-state index contributed by atoms with van der Waals surface area (Å²) in [6.45, 7) is 36.4. The third-order valence-electron chi connectivity index (χ3n) is 25.0. The first-order valence-corrected chi connectivity index (χ1v) is 40.6. The highest BCUT2D eigenvalue weighted by molar-refractivity contribution is 6.15. The fourth-order valence-corrected chi connectivity index (χ4v) is 16.4. The Bertz CT molecular complexity index is 5480. The number of methoxy groups -OCH3 is 5. The second kappa shape index (κ2) is 36.7. The Kier molecular flexibility index (Phi) is 27.0. The fraction of sp³-hybridized carbons (Fsp3) is 0.330. The summed E-state index contributed by atoms with van der Waals surface area (Å²) in [5, 5.41) is 69.4. The molecular formula is C100H113N5O17. The molecule has 0 unspecified atom stereocenters. The highest BCUT2D eigenvalue weighted by atomic mass is 16.5. The molecule has 5 saturated heterocycles. The molecule has 15 rings (SSSR count). The molecule has 5 aliphatic heterocycles. The van der Waals surface area contributed by atoms with Gasteiger partial charge in [-0.1, -0.05) is 81.1 Å². The van der Waals surface area contributed by atoms with Crippen molar-refractivity contribution in [2.24, 2.45) is 23.7 Å². The van der Waals surface area contributed by atoms with Gasteiger partial charge in [0.1, 0.15) is 57.5 Å². The Hall–Kier alpha value is -12.8. The van der Waals surface area contributed by atoms with Crippen molar-refractivity contribution >= 4 is 58.0 Å². The molecule has 0 bridgehead atoms. The Morgan fingerprint density at radius 1 is 0.287 bits per heavy atom. The fourth-order valence-electron chi connectivity index (χ4n) is 16.4. The Labute approximate surface area is 715 Å². The molecule has 7 N–H and O–H groups in total. The molecule has 0 saturated carbocycles. The van der Waals surface area contributed by atoms with Gasteiger partial charge in [0.25, 0.3) is 5.91 Å². The summed E-state index contributed by atoms with van der Waals surface area (Å²) in [7, 11) is 8.12. The van der Waals surface area contributed by atoms with Crippen LogP contribution in [0.5, 0.6) is 57.5 Å². The summed E-state index contributed by atoms with van der Waals surface area (Å²) in [5.41, 5.74) is 23.3. The highest BCUT2D eigenvalue weighted by Gasteiger charge is 2.52. The number of hydrogen-bond acceptors (Lipinski definition) is 17. The molecule has 5 fully saturated rings. The summed E-state index contributed by atoms with van der Waals surface area (Å²) >= 11 is 0. The van der Waals surface area contributed by atoms with Gasteiger partial charge in [-0.3, -0.25) is 28.9 Å². The van der Waals surface area contributed by atoms with Gasteiger partial charge in [0.2, 0.25) is 23.6 Å². The van der Waals surface area contributed by atoms with Gasteiger partial charge < -0.3 is 79.0 Å². The number of amides is 5. The molecular weight excluding hydrogens is 1540 g/mol. The second-order valence-corrected chi connectivity index (χ2v) is 32.5. The van der Waals surface area contributed by atoms with E-state index in [2.05, 4.69) is 6.58 Å². The predicted octanol–water partition coefficient (Wildman–Crippen LogP) is 18.1. The zero-order chi connectivity index (χ0) is 89.4. The number of hydrogen-bond donors (Lipinski definition) is 7. The van der Waals surface area contributed by atoms with E-state index in [4.69, 9.17) is 23.7 Å². The van der Waals surface area contributed by atoms with Gasteiger partial charge in [-0.05, 0) is 276 Å². The van der Waals surface area contributed by atoms with Crippen molar-refractivity contribution in [1.82, 2.24) is 0 Å². The smallest absolute Gasteiger partial charge is 0.256 e. The molecule has 22 heteroatoms. The summed E-state index contributed by atoms with van der Waals surface area (Å²) in [5.74, 6) is 3.46. The largest absolute Gasteiger partial charge is 0.508 e. The van der Waals surface area contributed by atoms with Crippen molar-refractivity contribution in [2.45, 2.75) is 148 Å². The van der Waals surface area contributed by atoms with Crippen molar-refractivity contribution in [3.8, 4) is 57.5 Å². The zero-order valence-electron chi connectivity index (χ0n) is 73.7. The molecule has 122 heavy (non-hydrogen) atoms. The molecule has 0 aromatic heterocycles. The molecule has 640 valence electrons. The van der Waals surface area contributed by atoms with Crippen LogP contribution < -0.4 is 48.2 Å². The normalized spacial score (nSPS) is 19.3. The molecule has 9 atom stereocenters. The molecule has 10 aromatic carbocycles. The van der Waals surface area contributed by atoms with Crippen LogP contribution in [-0.4, -0.2) is 114 Å². The van der Waals surface area contributed by atoms with Crippen LogP contribution in [0.25, 0.3) is 0 Å². The lowest BCUT2D eigenvalue weighted by Crippen LogP contribution is -2.56. The zero-order valence-corrected chi connectivity index (χ0v) is 73.7. The second-order valence-electron chi connectivity index (χ2n) is 32.5. The third-order valence-corrected chi connectivity index (χ3v) is 25.0. The SMILES string of the molecule is C=C1C(=O)N(c2cc(C)c(C)c(OC)c2)[C@@H]1c1ccc(C)c(O)c1.COc1cc(N2C(=O)[C@@H](C)[C@H]2c2ccc(C)c(O)c2)cc(C)c1C.COc1cc(N2C(=O)[C@@H](CO)[C@H]2c2ccc(C)c(O)c2)cc(C)c1C.COc1cc(N2C(=O)[C@H](C)[C@H]2c2ccc(C)c(O)c2)cc(C)c1C.COc1cc(N2C(=O)[C@H](CO)[C@H]2c2ccc(C)c(O)c2)cc(C)c1C. The van der Waals surface area contributed by atoms with E-state index in [1.54, 1.807) is 90.4 Å². The molecule has 22 nitrogen and oxygen atoms in total. The molecule has 5 amide bonds. The van der Waals surface area contributed by atoms with Gasteiger partial charge in [-0.2, -0.15) is 0 Å². The van der Waals surface area contributed by atoms with E-state index in [1.807, 2.05) is 239 Å². The number of anilines is 5. The van der Waals surface area contributed by atoms with Crippen molar-refractivity contribution in [3.05, 3.63) is 275 Å². The molecule has 10 aromatic rings. The first kappa shape index (κ1) is 90.0. The van der Waals surface area contributed by atoms with Gasteiger partial charge >= 0.3 is 0 Å². The molecule has 0 spiro atoms. The van der Waals surface area contributed by atoms with Crippen molar-refractivity contribution in [3.63, 3.8) is 0 Å². The van der Waals surface area contributed by atoms with Gasteiger partial charge in [0.05, 0.1) is 103 Å². The topological polar surface area (TPSA) is 289 Å². The minimum atomic E-state index is -0.505. The number of nitrogens with zero attached hydrogens (tertiary/aromatic N) is 5. The standard InChI is InChI=1S/2C20H23NO4.2C20H23NO3.C20H21NO3/c2*1-11-5-6-14(8-17(11)23)19-16(10-22)20(24)21(19)15-7-12(2)13(3)18(9-15)25-4;3*1-11-6-7-15(9-17(11)22)19-14(4)20(23)21(19)16-8-12(2)13(3)18(10-16)24-5/h2*5-9,16,19,22-23H,10H2,1-4H3;2*6-10,14,19,22H,1-5H3;6-10,19,22H,4H2,1-3,5H3/t16-,19+;16-,19-;14-,19+;14-,19-;19-/m01100/s1. The minimum Gasteiger partial charge on any atom is -0.508 e. The van der Waals surface area contributed by atoms with Gasteiger partial charge in [0.15, 0.2) is 0 Å². The van der Waals surface area contributed by atoms with Crippen LogP contribution in [0.3, 0.4) is 0 Å². The van der Waals surface area contributed by atoms with Crippen LogP contribution >= 0.6 is 0 Å². The van der Waals surface area contributed by atoms with E-state index in [-0.39, 0.29) is 114 Å². The Morgan fingerprint density at radius 2 is 0.500 bits per heavy atom. The average Bonchev–Trinajstić information content (AvgIpc) is 0.745. The van der Waals surface area contributed by atoms with Crippen LogP contribution in [0.4, 0.5) is 28.4 Å². The van der Waals surface area contributed by atoms with Crippen LogP contribution in [0.15, 0.2) is 164 Å². The van der Waals surface area contributed by atoms with E-state index in [0.717, 1.165) is 168 Å². The summed E-state index contributed by atoms with van der Waals surface area (Å²) in [6.07, 6.45) is 0. The molecule has 0 aliphatic carbocycles. The monoisotopic (exact) mass is 1660 g/mol. The number of phenolic OH excluding ortho intramolecular Hbond substituents is 5. The maximum atomic E-state index is 12.6. The van der Waals surface area contributed by atoms with Gasteiger partial charge in [-0.15, -0.1) is 0 Å². The maximum absolute atomic E-state index is 12.6. The highest BCUT2D eigenvalue weighted by Crippen LogP contribution is 2.52. The summed E-state index contributed by atoms with van der Waals surface area (Å²) in [6, 6.07) is 45.7. The van der Waals surface area contributed by atoms with Crippen molar-refractivity contribution in [2.75, 3.05) is 73.3 Å². The van der Waals surface area contributed by atoms with Gasteiger partial charge in [0, 0.05) is 64.3 Å². The van der Waals surface area contributed by atoms with Crippen molar-refractivity contribution < 1.29 is 83.4 Å². The van der Waals surface area contributed by atoms with Crippen LogP contribution in [0.2, 0.25) is 0 Å². The van der Waals surface area contributed by atoms with E-state index >= 15 is 0 Å². The number of aromatic hydroxyl groups is 5. The van der Waals surface area contributed by atoms with E-state index in [1.165, 1.54) is 0 Å². The first-order valence-electron chi connectivity index (χ1n) is 40.6. The lowest BCUT2D eigenvalue weighted by atomic mass is 9.81. The van der Waals surface area contributed by atoms with E-state index < -0.39 is 11.8 Å².